The molecular formula is C20H17ClO6. The normalized spacial score (nSPS) is 10.1. The third-order valence-corrected chi connectivity index (χ3v) is 3.69. The average molecular weight is 389 g/mol. The molecule has 2 aromatic rings. The van der Waals surface area contributed by atoms with Gasteiger partial charge >= 0.3 is 11.6 Å². The molecule has 2 rings (SSSR count). The maximum Gasteiger partial charge on any atom is 0.355 e. The molecule has 0 radical (unpaired) electrons. The maximum absolute atomic E-state index is 11.9. The molecule has 0 N–H and O–H groups in total. The number of hydrogen-bond donors (Lipinski definition) is 0. The van der Waals surface area contributed by atoms with Crippen LogP contribution in [-0.4, -0.2) is 32.4 Å². The van der Waals surface area contributed by atoms with Gasteiger partial charge in [0.05, 0.1) is 13.2 Å². The zero-order valence-electron chi connectivity index (χ0n) is 14.7. The highest BCUT2D eigenvalue weighted by Crippen LogP contribution is 2.27. The van der Waals surface area contributed by atoms with E-state index in [9.17, 15) is 9.59 Å². The Labute approximate surface area is 161 Å². The van der Waals surface area contributed by atoms with Crippen LogP contribution in [0, 0.1) is 24.2 Å². The van der Waals surface area contributed by atoms with Crippen LogP contribution in [0.25, 0.3) is 11.0 Å². The van der Waals surface area contributed by atoms with Crippen LogP contribution in [0.4, 0.5) is 0 Å². The molecule has 0 bridgehead atoms. The summed E-state index contributed by atoms with van der Waals surface area (Å²) in [6.07, 6.45) is 5.30. The van der Waals surface area contributed by atoms with Crippen LogP contribution >= 0.6 is 11.6 Å². The molecule has 0 atom stereocenters. The van der Waals surface area contributed by atoms with Gasteiger partial charge in [-0.3, -0.25) is 4.79 Å². The summed E-state index contributed by atoms with van der Waals surface area (Å²) in [7, 11) is 0. The Morgan fingerprint density at radius 2 is 1.96 bits per heavy atom. The van der Waals surface area contributed by atoms with Crippen molar-refractivity contribution in [1.82, 2.24) is 0 Å². The van der Waals surface area contributed by atoms with Crippen molar-refractivity contribution in [3.8, 4) is 29.9 Å². The summed E-state index contributed by atoms with van der Waals surface area (Å²) in [6, 6.07) is 4.72. The summed E-state index contributed by atoms with van der Waals surface area (Å²) < 4.78 is 20.5. The van der Waals surface area contributed by atoms with Crippen molar-refractivity contribution >= 4 is 28.5 Å². The number of halogens is 1. The number of rotatable bonds is 7. The fourth-order valence-electron chi connectivity index (χ4n) is 2.20. The number of terminal acetylenes is 1. The Bertz CT molecular complexity index is 974. The maximum atomic E-state index is 11.9. The number of benzene rings is 1. The summed E-state index contributed by atoms with van der Waals surface area (Å²) in [5, 5.41) is 0.592. The van der Waals surface area contributed by atoms with Crippen molar-refractivity contribution in [3.05, 3.63) is 39.2 Å². The first-order valence-electron chi connectivity index (χ1n) is 8.01. The highest BCUT2D eigenvalue weighted by Gasteiger charge is 2.13. The minimum Gasteiger partial charge on any atom is -0.427 e. The van der Waals surface area contributed by atoms with Gasteiger partial charge in [-0.25, -0.2) is 4.79 Å². The second-order valence-electron chi connectivity index (χ2n) is 5.27. The Morgan fingerprint density at radius 1 is 1.22 bits per heavy atom. The highest BCUT2D eigenvalue weighted by atomic mass is 35.5. The largest absolute Gasteiger partial charge is 0.427 e. The molecule has 0 fully saturated rings. The molecule has 0 spiro atoms. The summed E-state index contributed by atoms with van der Waals surface area (Å²) in [4.78, 5) is 23.0. The van der Waals surface area contributed by atoms with Gasteiger partial charge in [-0.1, -0.05) is 29.4 Å². The van der Waals surface area contributed by atoms with Crippen LogP contribution in [-0.2, 0) is 20.7 Å². The number of ether oxygens (including phenoxy) is 3. The average Bonchev–Trinajstić information content (AvgIpc) is 2.62. The summed E-state index contributed by atoms with van der Waals surface area (Å²) in [6.45, 7) is 2.52. The molecule has 1 heterocycles. The van der Waals surface area contributed by atoms with Crippen LogP contribution in [0.2, 0.25) is 5.02 Å². The molecule has 1 aromatic carbocycles. The number of carbonyl (C=O) groups is 1. The summed E-state index contributed by atoms with van der Waals surface area (Å²) in [5.74, 6) is 7.92. The van der Waals surface area contributed by atoms with Crippen LogP contribution < -0.4 is 10.4 Å². The molecule has 0 aliphatic carbocycles. The highest BCUT2D eigenvalue weighted by molar-refractivity contribution is 6.32. The van der Waals surface area contributed by atoms with E-state index in [0.717, 1.165) is 0 Å². The fourth-order valence-corrected chi connectivity index (χ4v) is 2.41. The van der Waals surface area contributed by atoms with Crippen LogP contribution in [0.3, 0.4) is 0 Å². The van der Waals surface area contributed by atoms with E-state index < -0.39 is 11.6 Å². The molecule has 1 aromatic heterocycles. The smallest absolute Gasteiger partial charge is 0.355 e. The van der Waals surface area contributed by atoms with E-state index in [1.165, 1.54) is 13.0 Å². The van der Waals surface area contributed by atoms with Crippen molar-refractivity contribution in [3.63, 3.8) is 0 Å². The van der Waals surface area contributed by atoms with Gasteiger partial charge in [0.2, 0.25) is 0 Å². The molecule has 0 saturated carbocycles. The van der Waals surface area contributed by atoms with Crippen molar-refractivity contribution in [2.45, 2.75) is 13.3 Å². The lowest BCUT2D eigenvalue weighted by Crippen LogP contribution is -2.06. The predicted molar refractivity (Wildman–Crippen MR) is 101 cm³/mol. The first-order chi connectivity index (χ1) is 13.0. The Morgan fingerprint density at radius 3 is 2.67 bits per heavy atom. The van der Waals surface area contributed by atoms with Gasteiger partial charge < -0.3 is 18.6 Å². The zero-order chi connectivity index (χ0) is 19.6. The SMILES string of the molecule is C#CCOCCOCC#CCc1c(Cl)c(=O)oc2cc(OC(C)=O)ccc12. The predicted octanol–water partition coefficient (Wildman–Crippen LogP) is 2.58. The van der Waals surface area contributed by atoms with E-state index in [1.54, 1.807) is 12.1 Å². The molecule has 7 heteroatoms. The van der Waals surface area contributed by atoms with Crippen LogP contribution in [0.15, 0.2) is 27.4 Å². The van der Waals surface area contributed by atoms with E-state index in [0.29, 0.717) is 24.2 Å². The van der Waals surface area contributed by atoms with Gasteiger partial charge in [0.15, 0.2) is 0 Å². The van der Waals surface area contributed by atoms with E-state index in [1.807, 2.05) is 0 Å². The quantitative estimate of drug-likeness (QED) is 0.238. The molecule has 0 amide bonds. The zero-order valence-corrected chi connectivity index (χ0v) is 15.4. The number of fused-ring (bicyclic) bond motifs is 1. The van der Waals surface area contributed by atoms with Crippen molar-refractivity contribution < 1.29 is 23.4 Å². The van der Waals surface area contributed by atoms with Gasteiger partial charge in [-0.15, -0.1) is 6.42 Å². The third-order valence-electron chi connectivity index (χ3n) is 3.31. The lowest BCUT2D eigenvalue weighted by Gasteiger charge is -2.07. The van der Waals surface area contributed by atoms with Gasteiger partial charge in [-0.05, 0) is 12.1 Å². The summed E-state index contributed by atoms with van der Waals surface area (Å²) >= 11 is 6.08. The van der Waals surface area contributed by atoms with E-state index >= 15 is 0 Å². The minimum atomic E-state index is -0.678. The lowest BCUT2D eigenvalue weighted by molar-refractivity contribution is -0.131. The molecular weight excluding hydrogens is 372 g/mol. The standard InChI is InChI=1S/C20H17ClO6/c1-3-9-24-11-12-25-10-5-4-6-17-16-8-7-15(26-14(2)22)13-18(16)27-20(23)19(17)21/h1,7-8,13H,6,9-12H2,2H3. The van der Waals surface area contributed by atoms with Crippen molar-refractivity contribution in [2.75, 3.05) is 26.4 Å². The molecule has 27 heavy (non-hydrogen) atoms. The van der Waals surface area contributed by atoms with Gasteiger partial charge in [0.1, 0.15) is 29.6 Å². The minimum absolute atomic E-state index is 0.0272. The molecule has 0 aliphatic heterocycles. The topological polar surface area (TPSA) is 75.0 Å². The lowest BCUT2D eigenvalue weighted by atomic mass is 10.1. The first-order valence-corrected chi connectivity index (χ1v) is 8.39. The molecule has 0 saturated heterocycles. The van der Waals surface area contributed by atoms with E-state index in [2.05, 4.69) is 17.8 Å². The van der Waals surface area contributed by atoms with Crippen molar-refractivity contribution in [2.24, 2.45) is 0 Å². The number of carbonyl (C=O) groups excluding carboxylic acids is 1. The Hall–Kier alpha value is -2.77. The molecule has 140 valence electrons. The molecule has 0 aliphatic rings. The second kappa shape index (κ2) is 10.4. The third kappa shape index (κ3) is 6.16. The van der Waals surface area contributed by atoms with E-state index in [4.69, 9.17) is 36.7 Å². The van der Waals surface area contributed by atoms with Crippen LogP contribution in [0.5, 0.6) is 5.75 Å². The van der Waals surface area contributed by atoms with Gasteiger partial charge in [0, 0.05) is 30.4 Å². The summed E-state index contributed by atoms with van der Waals surface area (Å²) in [5.41, 5.74) is 0.131. The van der Waals surface area contributed by atoms with Gasteiger partial charge in [0.25, 0.3) is 0 Å². The second-order valence-corrected chi connectivity index (χ2v) is 5.65. The van der Waals surface area contributed by atoms with Crippen LogP contribution in [0.1, 0.15) is 12.5 Å². The molecule has 6 nitrogen and oxygen atoms in total. The molecule has 0 unspecified atom stereocenters. The number of esters is 1. The number of hydrogen-bond acceptors (Lipinski definition) is 6. The van der Waals surface area contributed by atoms with Crippen molar-refractivity contribution in [1.29, 1.82) is 0 Å². The fraction of sp³-hybridized carbons (Fsp3) is 0.300. The monoisotopic (exact) mass is 388 g/mol. The van der Waals surface area contributed by atoms with E-state index in [-0.39, 0.29) is 36.0 Å². The Kier molecular flexibility index (Phi) is 7.91. The first kappa shape index (κ1) is 20.5. The van der Waals surface area contributed by atoms with Gasteiger partial charge in [-0.2, -0.15) is 0 Å². The Balaban J connectivity index is 2.08.